The third-order valence-corrected chi connectivity index (χ3v) is 3.96. The Morgan fingerprint density at radius 3 is 2.50 bits per heavy atom. The van der Waals surface area contributed by atoms with E-state index in [1.54, 1.807) is 0 Å². The number of halogens is 1. The number of aromatic nitrogens is 1. The number of rotatable bonds is 5. The lowest BCUT2D eigenvalue weighted by Crippen LogP contribution is -2.12. The van der Waals surface area contributed by atoms with Crippen molar-refractivity contribution in [2.75, 3.05) is 5.88 Å². The maximum Gasteiger partial charge on any atom is 0.179 e. The van der Waals surface area contributed by atoms with Gasteiger partial charge < -0.3 is 4.57 Å². The van der Waals surface area contributed by atoms with Crippen LogP contribution in [0.2, 0.25) is 0 Å². The van der Waals surface area contributed by atoms with E-state index in [9.17, 15) is 4.79 Å². The molecule has 3 heteroatoms. The number of alkyl halides is 1. The van der Waals surface area contributed by atoms with Gasteiger partial charge >= 0.3 is 0 Å². The number of carbonyl (C=O) groups is 1. The fraction of sp³-hybridized carbons (Fsp3) is 0.353. The van der Waals surface area contributed by atoms with Crippen molar-refractivity contribution in [1.29, 1.82) is 0 Å². The molecule has 0 aliphatic heterocycles. The van der Waals surface area contributed by atoms with Gasteiger partial charge in [-0.2, -0.15) is 0 Å². The maximum atomic E-state index is 11.8. The van der Waals surface area contributed by atoms with E-state index >= 15 is 0 Å². The van der Waals surface area contributed by atoms with Crippen LogP contribution in [0.3, 0.4) is 0 Å². The number of carbonyl (C=O) groups excluding carboxylic acids is 1. The number of hydrogen-bond acceptors (Lipinski definition) is 1. The van der Waals surface area contributed by atoms with E-state index in [0.717, 1.165) is 23.4 Å². The van der Waals surface area contributed by atoms with E-state index in [4.69, 9.17) is 11.6 Å². The molecule has 0 saturated carbocycles. The summed E-state index contributed by atoms with van der Waals surface area (Å²) >= 11 is 5.67. The Hall–Kier alpha value is -1.54. The van der Waals surface area contributed by atoms with Crippen LogP contribution < -0.4 is 0 Å². The normalized spacial score (nSPS) is 12.4. The highest BCUT2D eigenvalue weighted by atomic mass is 35.5. The molecule has 1 unspecified atom stereocenters. The summed E-state index contributed by atoms with van der Waals surface area (Å²) in [5.74, 6) is 0.0371. The molecule has 2 aromatic rings. The molecule has 1 atom stereocenters. The predicted molar refractivity (Wildman–Crippen MR) is 83.8 cm³/mol. The molecule has 0 radical (unpaired) electrons. The topological polar surface area (TPSA) is 22.0 Å². The zero-order valence-electron chi connectivity index (χ0n) is 12.2. The number of benzene rings is 1. The molecule has 0 spiro atoms. The van der Waals surface area contributed by atoms with Gasteiger partial charge in [0.2, 0.25) is 0 Å². The highest BCUT2D eigenvalue weighted by Crippen LogP contribution is 2.23. The molecule has 1 aromatic heterocycles. The van der Waals surface area contributed by atoms with Crippen LogP contribution in [0.4, 0.5) is 0 Å². The smallest absolute Gasteiger partial charge is 0.179 e. The summed E-state index contributed by atoms with van der Waals surface area (Å²) in [5.41, 5.74) is 4.17. The molecule has 106 valence electrons. The molecule has 0 N–H and O–H groups in total. The molecular formula is C17H20ClNO. The molecule has 0 amide bonds. The van der Waals surface area contributed by atoms with Crippen LogP contribution in [0.25, 0.3) is 0 Å². The molecule has 0 aliphatic carbocycles. The van der Waals surface area contributed by atoms with Gasteiger partial charge in [-0.05, 0) is 38.8 Å². The monoisotopic (exact) mass is 289 g/mol. The zero-order valence-corrected chi connectivity index (χ0v) is 12.9. The van der Waals surface area contributed by atoms with Gasteiger partial charge in [0.25, 0.3) is 0 Å². The van der Waals surface area contributed by atoms with Gasteiger partial charge in [0.1, 0.15) is 0 Å². The van der Waals surface area contributed by atoms with E-state index < -0.39 is 0 Å². The van der Waals surface area contributed by atoms with E-state index in [0.29, 0.717) is 6.04 Å². The summed E-state index contributed by atoms with van der Waals surface area (Å²) < 4.78 is 2.23. The lowest BCUT2D eigenvalue weighted by molar-refractivity contribution is 0.102. The van der Waals surface area contributed by atoms with Crippen LogP contribution in [0, 0.1) is 13.8 Å². The molecule has 0 saturated heterocycles. The largest absolute Gasteiger partial charge is 0.345 e. The van der Waals surface area contributed by atoms with Crippen LogP contribution in [0.1, 0.15) is 40.3 Å². The highest BCUT2D eigenvalue weighted by molar-refractivity contribution is 6.30. The predicted octanol–water partition coefficient (Wildman–Crippen LogP) is 4.33. The maximum absolute atomic E-state index is 11.8. The summed E-state index contributed by atoms with van der Waals surface area (Å²) in [6, 6.07) is 12.7. The van der Waals surface area contributed by atoms with Crippen LogP contribution in [0.5, 0.6) is 0 Å². The summed E-state index contributed by atoms with van der Waals surface area (Å²) in [4.78, 5) is 11.8. The van der Waals surface area contributed by atoms with Gasteiger partial charge in [-0.15, -0.1) is 11.6 Å². The summed E-state index contributed by atoms with van der Waals surface area (Å²) in [6.07, 6.45) is 0.950. The quantitative estimate of drug-likeness (QED) is 0.593. The minimum Gasteiger partial charge on any atom is -0.345 e. The van der Waals surface area contributed by atoms with Gasteiger partial charge in [0, 0.05) is 23.0 Å². The van der Waals surface area contributed by atoms with Gasteiger partial charge in [0.15, 0.2) is 5.78 Å². The third kappa shape index (κ3) is 2.96. The second-order valence-corrected chi connectivity index (χ2v) is 5.52. The Morgan fingerprint density at radius 2 is 1.90 bits per heavy atom. The lowest BCUT2D eigenvalue weighted by atomic mass is 10.1. The molecule has 1 heterocycles. The molecule has 0 bridgehead atoms. The van der Waals surface area contributed by atoms with Gasteiger partial charge in [-0.25, -0.2) is 0 Å². The van der Waals surface area contributed by atoms with Crippen molar-refractivity contribution >= 4 is 17.4 Å². The highest BCUT2D eigenvalue weighted by Gasteiger charge is 2.18. The Kier molecular flexibility index (Phi) is 4.66. The Labute approximate surface area is 125 Å². The number of nitrogens with zero attached hydrogens (tertiary/aromatic N) is 1. The van der Waals surface area contributed by atoms with E-state index in [1.165, 1.54) is 5.56 Å². The van der Waals surface area contributed by atoms with Crippen LogP contribution in [0.15, 0.2) is 36.4 Å². The Balaban J connectivity index is 2.28. The van der Waals surface area contributed by atoms with Gasteiger partial charge in [0.05, 0.1) is 5.88 Å². The van der Waals surface area contributed by atoms with Crippen molar-refractivity contribution in [2.24, 2.45) is 0 Å². The van der Waals surface area contributed by atoms with Crippen molar-refractivity contribution in [3.05, 3.63) is 58.9 Å². The standard InChI is InChI=1S/C17H20ClNO/c1-12(9-15-7-5-4-6-8-15)19-13(2)10-16(14(19)3)17(20)11-18/h4-8,10,12H,9,11H2,1-3H3. The minimum absolute atomic E-state index is 0.00192. The molecule has 1 aromatic carbocycles. The number of Topliss-reactive ketones (excluding diaryl/α,β-unsaturated/α-hetero) is 1. The number of hydrogen-bond donors (Lipinski definition) is 0. The summed E-state index contributed by atoms with van der Waals surface area (Å²) in [5, 5.41) is 0. The molecule has 0 aliphatic rings. The fourth-order valence-corrected chi connectivity index (χ4v) is 3.00. The first-order chi connectivity index (χ1) is 9.54. The van der Waals surface area contributed by atoms with Crippen LogP contribution in [-0.2, 0) is 6.42 Å². The molecular weight excluding hydrogens is 270 g/mol. The average molecular weight is 290 g/mol. The fourth-order valence-electron chi connectivity index (χ4n) is 2.86. The van der Waals surface area contributed by atoms with Crippen molar-refractivity contribution in [2.45, 2.75) is 33.2 Å². The minimum atomic E-state index is -0.00192. The molecule has 20 heavy (non-hydrogen) atoms. The number of aryl methyl sites for hydroxylation is 1. The van der Waals surface area contributed by atoms with Crippen LogP contribution >= 0.6 is 11.6 Å². The molecule has 2 nitrogen and oxygen atoms in total. The first-order valence-corrected chi connectivity index (χ1v) is 7.39. The van der Waals surface area contributed by atoms with Gasteiger partial charge in [-0.1, -0.05) is 30.3 Å². The zero-order chi connectivity index (χ0) is 14.7. The number of ketones is 1. The molecule has 2 rings (SSSR count). The average Bonchev–Trinajstić information content (AvgIpc) is 2.74. The lowest BCUT2D eigenvalue weighted by Gasteiger charge is -2.19. The van der Waals surface area contributed by atoms with Crippen LogP contribution in [-0.4, -0.2) is 16.2 Å². The Bertz CT molecular complexity index is 601. The summed E-state index contributed by atoms with van der Waals surface area (Å²) in [7, 11) is 0. The van der Waals surface area contributed by atoms with Crippen molar-refractivity contribution < 1.29 is 4.79 Å². The second-order valence-electron chi connectivity index (χ2n) is 5.25. The van der Waals surface area contributed by atoms with Crippen molar-refractivity contribution in [3.8, 4) is 0 Å². The SMILES string of the molecule is Cc1cc(C(=O)CCl)c(C)n1C(C)Cc1ccccc1. The van der Waals surface area contributed by atoms with Crippen molar-refractivity contribution in [3.63, 3.8) is 0 Å². The van der Waals surface area contributed by atoms with Gasteiger partial charge in [-0.3, -0.25) is 4.79 Å². The first kappa shape index (κ1) is 14.9. The van der Waals surface area contributed by atoms with Crippen molar-refractivity contribution in [1.82, 2.24) is 4.57 Å². The van der Waals surface area contributed by atoms with E-state index in [1.807, 2.05) is 26.0 Å². The third-order valence-electron chi connectivity index (χ3n) is 3.72. The summed E-state index contributed by atoms with van der Waals surface area (Å²) in [6.45, 7) is 6.22. The second kappa shape index (κ2) is 6.27. The molecule has 0 fully saturated rings. The van der Waals surface area contributed by atoms with E-state index in [-0.39, 0.29) is 11.7 Å². The van der Waals surface area contributed by atoms with E-state index in [2.05, 4.69) is 35.8 Å². The first-order valence-electron chi connectivity index (χ1n) is 6.86. The Morgan fingerprint density at radius 1 is 1.25 bits per heavy atom.